The molecule has 0 bridgehead atoms. The van der Waals surface area contributed by atoms with Crippen LogP contribution in [0.1, 0.15) is 12.0 Å². The third-order valence-electron chi connectivity index (χ3n) is 2.54. The molecule has 5 nitrogen and oxygen atoms in total. The van der Waals surface area contributed by atoms with Crippen molar-refractivity contribution in [3.05, 3.63) is 35.9 Å². The van der Waals surface area contributed by atoms with Crippen molar-refractivity contribution in [1.29, 1.82) is 10.7 Å². The molecule has 0 spiro atoms. The Morgan fingerprint density at radius 1 is 1.41 bits per heavy atom. The van der Waals surface area contributed by atoms with Crippen LogP contribution in [-0.2, 0) is 6.54 Å². The largest absolute Gasteiger partial charge is 0.296 e. The van der Waals surface area contributed by atoms with E-state index in [-0.39, 0.29) is 0 Å². The molecule has 2 N–H and O–H groups in total. The van der Waals surface area contributed by atoms with E-state index >= 15 is 0 Å². The maximum atomic E-state index is 8.65. The molecule has 1 aromatic rings. The number of nitrogens with zero attached hydrogens (tertiary/aromatic N) is 3. The maximum Gasteiger partial charge on any atom is 0.213 e. The minimum Gasteiger partial charge on any atom is -0.296 e. The van der Waals surface area contributed by atoms with Crippen LogP contribution in [0.5, 0.6) is 0 Å². The highest BCUT2D eigenvalue weighted by molar-refractivity contribution is 6.00. The predicted octanol–water partition coefficient (Wildman–Crippen LogP) is 1.30. The van der Waals surface area contributed by atoms with Crippen LogP contribution in [0.25, 0.3) is 0 Å². The Hall–Kier alpha value is -2.35. The van der Waals surface area contributed by atoms with Crippen LogP contribution in [0.3, 0.4) is 0 Å². The lowest BCUT2D eigenvalue weighted by Crippen LogP contribution is -2.45. The predicted molar refractivity (Wildman–Crippen MR) is 65.4 cm³/mol. The molecule has 0 saturated carbocycles. The summed E-state index contributed by atoms with van der Waals surface area (Å²) in [6.45, 7) is 1.13. The van der Waals surface area contributed by atoms with Crippen molar-refractivity contribution in [3.63, 3.8) is 0 Å². The van der Waals surface area contributed by atoms with E-state index in [1.165, 1.54) is 0 Å². The molecule has 0 aliphatic carbocycles. The highest BCUT2D eigenvalue weighted by Crippen LogP contribution is 2.10. The number of guanidine groups is 1. The molecule has 17 heavy (non-hydrogen) atoms. The van der Waals surface area contributed by atoms with Crippen molar-refractivity contribution in [3.8, 4) is 6.19 Å². The molecule has 1 aliphatic rings. The normalized spacial score (nSPS) is 15.1. The Balaban J connectivity index is 2.17. The smallest absolute Gasteiger partial charge is 0.213 e. The van der Waals surface area contributed by atoms with E-state index in [0.717, 1.165) is 5.56 Å². The standard InChI is InChI=1S/C12H13N5/c13-9-16-12-15-7-6-11(14)17(12)8-10-4-2-1-3-5-10/h1-5,14H,6-8H2,(H,15,16). The third-order valence-corrected chi connectivity index (χ3v) is 2.54. The second kappa shape index (κ2) is 5.12. The molecule has 5 heteroatoms. The Morgan fingerprint density at radius 2 is 2.18 bits per heavy atom. The average Bonchev–Trinajstić information content (AvgIpc) is 2.35. The molecule has 1 heterocycles. The van der Waals surface area contributed by atoms with Crippen LogP contribution in [-0.4, -0.2) is 23.2 Å². The minimum absolute atomic E-state index is 0.465. The monoisotopic (exact) mass is 227 g/mol. The van der Waals surface area contributed by atoms with E-state index < -0.39 is 0 Å². The summed E-state index contributed by atoms with van der Waals surface area (Å²) < 4.78 is 0. The van der Waals surface area contributed by atoms with Crippen LogP contribution < -0.4 is 5.32 Å². The molecule has 1 aromatic carbocycles. The Labute approximate surface area is 99.9 Å². The summed E-state index contributed by atoms with van der Waals surface area (Å²) >= 11 is 0. The highest BCUT2D eigenvalue weighted by atomic mass is 15.3. The zero-order valence-corrected chi connectivity index (χ0v) is 9.35. The molecule has 1 aliphatic heterocycles. The molecule has 0 radical (unpaired) electrons. The fourth-order valence-electron chi connectivity index (χ4n) is 1.71. The van der Waals surface area contributed by atoms with Gasteiger partial charge in [0.2, 0.25) is 5.96 Å². The van der Waals surface area contributed by atoms with Gasteiger partial charge in [0.15, 0.2) is 6.19 Å². The van der Waals surface area contributed by atoms with Gasteiger partial charge < -0.3 is 0 Å². The topological polar surface area (TPSA) is 75.3 Å². The zero-order chi connectivity index (χ0) is 12.1. The van der Waals surface area contributed by atoms with Gasteiger partial charge in [0, 0.05) is 13.0 Å². The quantitative estimate of drug-likeness (QED) is 0.590. The van der Waals surface area contributed by atoms with E-state index in [4.69, 9.17) is 10.7 Å². The Bertz CT molecular complexity index is 471. The summed E-state index contributed by atoms with van der Waals surface area (Å²) in [4.78, 5) is 5.94. The van der Waals surface area contributed by atoms with E-state index in [9.17, 15) is 0 Å². The van der Waals surface area contributed by atoms with Crippen LogP contribution in [0, 0.1) is 16.9 Å². The molecule has 86 valence electrons. The van der Waals surface area contributed by atoms with Gasteiger partial charge in [-0.3, -0.25) is 20.6 Å². The molecule has 0 aromatic heterocycles. The van der Waals surface area contributed by atoms with Crippen LogP contribution in [0.2, 0.25) is 0 Å². The Morgan fingerprint density at radius 3 is 2.88 bits per heavy atom. The van der Waals surface area contributed by atoms with Crippen LogP contribution in [0.4, 0.5) is 0 Å². The first-order valence-electron chi connectivity index (χ1n) is 5.39. The average molecular weight is 227 g/mol. The molecule has 0 fully saturated rings. The molecular formula is C12H13N5. The second-order valence-electron chi connectivity index (χ2n) is 3.71. The first-order chi connectivity index (χ1) is 8.31. The summed E-state index contributed by atoms with van der Waals surface area (Å²) in [5.74, 6) is 0.953. The fourth-order valence-corrected chi connectivity index (χ4v) is 1.71. The number of amidine groups is 1. The van der Waals surface area contributed by atoms with Gasteiger partial charge in [-0.25, -0.2) is 0 Å². The van der Waals surface area contributed by atoms with Crippen LogP contribution in [0.15, 0.2) is 35.3 Å². The fraction of sp³-hybridized carbons (Fsp3) is 0.250. The molecular weight excluding hydrogens is 214 g/mol. The van der Waals surface area contributed by atoms with Crippen molar-refractivity contribution < 1.29 is 0 Å². The van der Waals surface area contributed by atoms with Gasteiger partial charge in [-0.15, -0.1) is 0 Å². The van der Waals surface area contributed by atoms with Crippen molar-refractivity contribution in [2.45, 2.75) is 13.0 Å². The SMILES string of the molecule is N#CNC1=NCCC(=N)N1Cc1ccccc1. The van der Waals surface area contributed by atoms with Gasteiger partial charge in [-0.2, -0.15) is 5.26 Å². The number of hydrogen-bond acceptors (Lipinski definition) is 4. The minimum atomic E-state index is 0.465. The van der Waals surface area contributed by atoms with Gasteiger partial charge in [0.05, 0.1) is 6.54 Å². The lowest BCUT2D eigenvalue weighted by molar-refractivity contribution is 0.549. The second-order valence-corrected chi connectivity index (χ2v) is 3.71. The van der Waals surface area contributed by atoms with Crippen molar-refractivity contribution >= 4 is 11.8 Å². The summed E-state index contributed by atoms with van der Waals surface area (Å²) in [5, 5.41) is 19.1. The maximum absolute atomic E-state index is 8.65. The number of benzene rings is 1. The molecule has 0 saturated heterocycles. The first-order valence-corrected chi connectivity index (χ1v) is 5.39. The van der Waals surface area contributed by atoms with Crippen molar-refractivity contribution in [2.75, 3.05) is 6.54 Å². The number of nitrogens with one attached hydrogen (secondary N) is 2. The first kappa shape index (κ1) is 11.1. The van der Waals surface area contributed by atoms with Crippen molar-refractivity contribution in [2.24, 2.45) is 4.99 Å². The van der Waals surface area contributed by atoms with Gasteiger partial charge >= 0.3 is 0 Å². The van der Waals surface area contributed by atoms with Crippen molar-refractivity contribution in [1.82, 2.24) is 10.2 Å². The van der Waals surface area contributed by atoms with E-state index in [0.29, 0.717) is 31.3 Å². The van der Waals surface area contributed by atoms with Gasteiger partial charge in [-0.1, -0.05) is 30.3 Å². The highest BCUT2D eigenvalue weighted by Gasteiger charge is 2.20. The van der Waals surface area contributed by atoms with E-state index in [1.54, 1.807) is 4.90 Å². The molecule has 2 rings (SSSR count). The lowest BCUT2D eigenvalue weighted by Gasteiger charge is -2.28. The van der Waals surface area contributed by atoms with Gasteiger partial charge in [0.1, 0.15) is 5.84 Å². The zero-order valence-electron chi connectivity index (χ0n) is 9.35. The summed E-state index contributed by atoms with van der Waals surface area (Å²) in [6.07, 6.45) is 2.47. The molecule has 0 atom stereocenters. The molecule has 0 amide bonds. The lowest BCUT2D eigenvalue weighted by atomic mass is 10.2. The summed E-state index contributed by atoms with van der Waals surface area (Å²) in [7, 11) is 0. The van der Waals surface area contributed by atoms with E-state index in [2.05, 4.69) is 10.3 Å². The van der Waals surface area contributed by atoms with Crippen LogP contribution >= 0.6 is 0 Å². The summed E-state index contributed by atoms with van der Waals surface area (Å²) in [6, 6.07) is 9.85. The number of nitriles is 1. The number of rotatable bonds is 2. The number of aliphatic imine (C=N–C) groups is 1. The Kier molecular flexibility index (Phi) is 3.36. The van der Waals surface area contributed by atoms with E-state index in [1.807, 2.05) is 36.5 Å². The molecule has 0 unspecified atom stereocenters. The summed E-state index contributed by atoms with van der Waals surface area (Å²) in [5.41, 5.74) is 1.09. The van der Waals surface area contributed by atoms with Gasteiger partial charge in [0.25, 0.3) is 0 Å². The third kappa shape index (κ3) is 2.61. The number of hydrogen-bond donors (Lipinski definition) is 2. The van der Waals surface area contributed by atoms with Gasteiger partial charge in [-0.05, 0) is 5.56 Å².